The summed E-state index contributed by atoms with van der Waals surface area (Å²) < 4.78 is 23.4. The number of ether oxygens (including phenoxy) is 1. The first kappa shape index (κ1) is 17.0. The Morgan fingerprint density at radius 2 is 2.22 bits per heavy atom. The number of nitrogens with zero attached hydrogens (tertiary/aromatic N) is 2. The van der Waals surface area contributed by atoms with E-state index in [1.807, 2.05) is 11.9 Å². The zero-order valence-electron chi connectivity index (χ0n) is 13.4. The number of halogens is 1. The number of hydrogen-bond donors (Lipinski definition) is 1. The Kier molecular flexibility index (Phi) is 5.70. The molecule has 0 saturated heterocycles. The minimum absolute atomic E-state index is 0.147. The average Bonchev–Trinajstić information content (AvgIpc) is 2.90. The van der Waals surface area contributed by atoms with Crippen LogP contribution in [0, 0.1) is 12.7 Å². The van der Waals surface area contributed by atoms with Gasteiger partial charge < -0.3 is 19.5 Å². The molecule has 0 saturated carbocycles. The van der Waals surface area contributed by atoms with Gasteiger partial charge in [-0.25, -0.2) is 4.39 Å². The molecule has 0 aliphatic heterocycles. The van der Waals surface area contributed by atoms with Gasteiger partial charge in [0.2, 0.25) is 5.91 Å². The third kappa shape index (κ3) is 5.07. The van der Waals surface area contributed by atoms with Gasteiger partial charge in [0.15, 0.2) is 17.4 Å². The summed E-state index contributed by atoms with van der Waals surface area (Å²) in [6.45, 7) is 2.83. The van der Waals surface area contributed by atoms with E-state index in [4.69, 9.17) is 9.26 Å². The number of carbonyl (C=O) groups excluding carboxylic acids is 1. The van der Waals surface area contributed by atoms with Gasteiger partial charge in [-0.15, -0.1) is 0 Å². The molecule has 0 atom stereocenters. The van der Waals surface area contributed by atoms with Crippen molar-refractivity contribution in [3.63, 3.8) is 0 Å². The van der Waals surface area contributed by atoms with Gasteiger partial charge >= 0.3 is 0 Å². The predicted octanol–water partition coefficient (Wildman–Crippen LogP) is 2.59. The van der Waals surface area contributed by atoms with Crippen LogP contribution in [-0.2, 0) is 11.3 Å². The second kappa shape index (κ2) is 7.73. The number of hydrogen-bond acceptors (Lipinski definition) is 5. The highest BCUT2D eigenvalue weighted by Gasteiger charge is 2.09. The number of aromatic nitrogens is 1. The number of amides is 1. The normalized spacial score (nSPS) is 10.8. The second-order valence-corrected chi connectivity index (χ2v) is 5.33. The highest BCUT2D eigenvalue weighted by atomic mass is 19.1. The number of anilines is 1. The molecule has 2 aromatic rings. The predicted molar refractivity (Wildman–Crippen MR) is 83.8 cm³/mol. The van der Waals surface area contributed by atoms with Gasteiger partial charge in [0.1, 0.15) is 5.76 Å². The number of rotatable bonds is 7. The zero-order chi connectivity index (χ0) is 16.8. The van der Waals surface area contributed by atoms with E-state index in [1.54, 1.807) is 25.1 Å². The SMILES string of the molecule is COc1ccc(CN(C)CCC(=O)Nc2cc(C)on2)cc1F. The molecular weight excluding hydrogens is 301 g/mol. The van der Waals surface area contributed by atoms with Crippen LogP contribution in [0.1, 0.15) is 17.7 Å². The Bertz CT molecular complexity index is 672. The summed E-state index contributed by atoms with van der Waals surface area (Å²) in [5, 5.41) is 6.36. The maximum Gasteiger partial charge on any atom is 0.226 e. The highest BCUT2D eigenvalue weighted by Crippen LogP contribution is 2.18. The van der Waals surface area contributed by atoms with Gasteiger partial charge in [0.05, 0.1) is 7.11 Å². The van der Waals surface area contributed by atoms with Gasteiger partial charge in [0, 0.05) is 25.6 Å². The topological polar surface area (TPSA) is 67.6 Å². The van der Waals surface area contributed by atoms with E-state index in [9.17, 15) is 9.18 Å². The van der Waals surface area contributed by atoms with Crippen LogP contribution in [0.15, 0.2) is 28.8 Å². The number of benzene rings is 1. The Morgan fingerprint density at radius 3 is 2.83 bits per heavy atom. The third-order valence-electron chi connectivity index (χ3n) is 3.28. The van der Waals surface area contributed by atoms with Crippen LogP contribution in [-0.4, -0.2) is 36.7 Å². The van der Waals surface area contributed by atoms with E-state index >= 15 is 0 Å². The van der Waals surface area contributed by atoms with Gasteiger partial charge in [-0.1, -0.05) is 11.2 Å². The molecule has 124 valence electrons. The molecule has 1 aromatic carbocycles. The molecule has 1 aromatic heterocycles. The summed E-state index contributed by atoms with van der Waals surface area (Å²) in [5.41, 5.74) is 0.818. The standard InChI is InChI=1S/C16H20FN3O3/c1-11-8-15(19-23-11)18-16(21)6-7-20(2)10-12-4-5-14(22-3)13(17)9-12/h4-5,8-9H,6-7,10H2,1-3H3,(H,18,19,21). The summed E-state index contributed by atoms with van der Waals surface area (Å²) in [4.78, 5) is 13.8. The molecular formula is C16H20FN3O3. The Hall–Kier alpha value is -2.41. The lowest BCUT2D eigenvalue weighted by Gasteiger charge is -2.16. The van der Waals surface area contributed by atoms with Crippen LogP contribution in [0.3, 0.4) is 0 Å². The summed E-state index contributed by atoms with van der Waals surface area (Å²) in [6, 6.07) is 6.49. The molecule has 0 radical (unpaired) electrons. The molecule has 6 nitrogen and oxygen atoms in total. The Labute approximate surface area is 134 Å². The molecule has 0 bridgehead atoms. The number of nitrogens with one attached hydrogen (secondary N) is 1. The minimum atomic E-state index is -0.391. The smallest absolute Gasteiger partial charge is 0.226 e. The van der Waals surface area contributed by atoms with Crippen molar-refractivity contribution in [1.29, 1.82) is 0 Å². The molecule has 0 aliphatic rings. The van der Waals surface area contributed by atoms with Crippen LogP contribution in [0.4, 0.5) is 10.2 Å². The van der Waals surface area contributed by atoms with Crippen LogP contribution < -0.4 is 10.1 Å². The fourth-order valence-corrected chi connectivity index (χ4v) is 2.12. The van der Waals surface area contributed by atoms with E-state index in [2.05, 4.69) is 10.5 Å². The average molecular weight is 321 g/mol. The lowest BCUT2D eigenvalue weighted by Crippen LogP contribution is -2.24. The van der Waals surface area contributed by atoms with Gasteiger partial charge in [-0.2, -0.15) is 0 Å². The second-order valence-electron chi connectivity index (χ2n) is 5.33. The molecule has 0 spiro atoms. The lowest BCUT2D eigenvalue weighted by atomic mass is 10.2. The summed E-state index contributed by atoms with van der Waals surface area (Å²) >= 11 is 0. The molecule has 0 unspecified atom stereocenters. The van der Waals surface area contributed by atoms with Crippen LogP contribution in [0.5, 0.6) is 5.75 Å². The van der Waals surface area contributed by atoms with E-state index in [0.717, 1.165) is 5.56 Å². The lowest BCUT2D eigenvalue weighted by molar-refractivity contribution is -0.116. The molecule has 1 heterocycles. The molecule has 1 amide bonds. The van der Waals surface area contributed by atoms with Crippen LogP contribution in [0.25, 0.3) is 0 Å². The van der Waals surface area contributed by atoms with Crippen molar-refractivity contribution in [2.45, 2.75) is 19.9 Å². The molecule has 1 N–H and O–H groups in total. The molecule has 23 heavy (non-hydrogen) atoms. The quantitative estimate of drug-likeness (QED) is 0.849. The maximum absolute atomic E-state index is 13.6. The third-order valence-corrected chi connectivity index (χ3v) is 3.28. The molecule has 0 fully saturated rings. The van der Waals surface area contributed by atoms with Crippen LogP contribution in [0.2, 0.25) is 0 Å². The van der Waals surface area contributed by atoms with E-state index in [-0.39, 0.29) is 11.7 Å². The van der Waals surface area contributed by atoms with Crippen LogP contribution >= 0.6 is 0 Å². The molecule has 7 heteroatoms. The fourth-order valence-electron chi connectivity index (χ4n) is 2.12. The summed E-state index contributed by atoms with van der Waals surface area (Å²) in [7, 11) is 3.30. The summed E-state index contributed by atoms with van der Waals surface area (Å²) in [6.07, 6.45) is 0.307. The number of carbonyl (C=O) groups is 1. The fraction of sp³-hybridized carbons (Fsp3) is 0.375. The number of methoxy groups -OCH3 is 1. The highest BCUT2D eigenvalue weighted by molar-refractivity contribution is 5.89. The van der Waals surface area contributed by atoms with E-state index < -0.39 is 5.82 Å². The van der Waals surface area contributed by atoms with Gasteiger partial charge in [-0.3, -0.25) is 4.79 Å². The maximum atomic E-state index is 13.6. The van der Waals surface area contributed by atoms with Crippen molar-refractivity contribution in [3.8, 4) is 5.75 Å². The first-order valence-corrected chi connectivity index (χ1v) is 7.22. The van der Waals surface area contributed by atoms with Crippen molar-refractivity contribution in [2.24, 2.45) is 0 Å². The van der Waals surface area contributed by atoms with Crippen molar-refractivity contribution >= 4 is 11.7 Å². The first-order chi connectivity index (χ1) is 11.0. The van der Waals surface area contributed by atoms with Crippen molar-refractivity contribution < 1.29 is 18.4 Å². The minimum Gasteiger partial charge on any atom is -0.494 e. The number of aryl methyl sites for hydroxylation is 1. The van der Waals surface area contributed by atoms with Gasteiger partial charge in [0.25, 0.3) is 0 Å². The molecule has 2 rings (SSSR count). The zero-order valence-corrected chi connectivity index (χ0v) is 13.4. The Balaban J connectivity index is 1.79. The largest absolute Gasteiger partial charge is 0.494 e. The molecule has 0 aliphatic carbocycles. The van der Waals surface area contributed by atoms with Crippen molar-refractivity contribution in [3.05, 3.63) is 41.4 Å². The van der Waals surface area contributed by atoms with E-state index in [1.165, 1.54) is 13.2 Å². The van der Waals surface area contributed by atoms with Crippen molar-refractivity contribution in [1.82, 2.24) is 10.1 Å². The van der Waals surface area contributed by atoms with Crippen molar-refractivity contribution in [2.75, 3.05) is 26.0 Å². The summed E-state index contributed by atoms with van der Waals surface area (Å²) in [5.74, 6) is 0.730. The first-order valence-electron chi connectivity index (χ1n) is 7.22. The Morgan fingerprint density at radius 1 is 1.43 bits per heavy atom. The monoisotopic (exact) mass is 321 g/mol. The van der Waals surface area contributed by atoms with Gasteiger partial charge in [-0.05, 0) is 31.7 Å². The van der Waals surface area contributed by atoms with E-state index in [0.29, 0.717) is 31.1 Å².